The summed E-state index contributed by atoms with van der Waals surface area (Å²) in [5.74, 6) is 0.186. The summed E-state index contributed by atoms with van der Waals surface area (Å²) in [5.41, 5.74) is 3.66. The van der Waals surface area contributed by atoms with Crippen molar-refractivity contribution in [3.8, 4) is 0 Å². The van der Waals surface area contributed by atoms with E-state index in [2.05, 4.69) is 37.4 Å². The Kier molecular flexibility index (Phi) is 3.76. The molecule has 2 aliphatic rings. The predicted molar refractivity (Wildman–Crippen MR) is 77.3 cm³/mol. The molecular formula is C16H22N2O2. The first-order valence-electron chi connectivity index (χ1n) is 7.36. The Labute approximate surface area is 120 Å². The minimum absolute atomic E-state index is 0.00546. The van der Waals surface area contributed by atoms with Crippen molar-refractivity contribution in [2.75, 3.05) is 19.8 Å². The molecule has 4 heteroatoms. The Hall–Kier alpha value is -1.39. The zero-order chi connectivity index (χ0) is 14.1. The van der Waals surface area contributed by atoms with E-state index in [9.17, 15) is 4.79 Å². The lowest BCUT2D eigenvalue weighted by Crippen LogP contribution is -2.44. The highest BCUT2D eigenvalue weighted by atomic mass is 16.5. The van der Waals surface area contributed by atoms with Crippen molar-refractivity contribution in [1.82, 2.24) is 10.2 Å². The second kappa shape index (κ2) is 5.54. The van der Waals surface area contributed by atoms with E-state index in [-0.39, 0.29) is 18.1 Å². The molecule has 20 heavy (non-hydrogen) atoms. The quantitative estimate of drug-likeness (QED) is 0.896. The minimum Gasteiger partial charge on any atom is -0.379 e. The number of amides is 1. The number of hydrogen-bond donors (Lipinski definition) is 1. The van der Waals surface area contributed by atoms with Crippen molar-refractivity contribution in [3.05, 3.63) is 34.9 Å². The van der Waals surface area contributed by atoms with Gasteiger partial charge in [-0.3, -0.25) is 10.1 Å². The van der Waals surface area contributed by atoms with Crippen LogP contribution in [-0.4, -0.2) is 36.6 Å². The Bertz CT molecular complexity index is 509. The molecule has 0 radical (unpaired) electrons. The molecule has 2 fully saturated rings. The molecule has 1 amide bonds. The maximum atomic E-state index is 12.3. The number of hydrogen-bond acceptors (Lipinski definition) is 3. The van der Waals surface area contributed by atoms with Crippen molar-refractivity contribution < 1.29 is 9.53 Å². The molecule has 1 aromatic rings. The van der Waals surface area contributed by atoms with E-state index in [1.54, 1.807) is 0 Å². The summed E-state index contributed by atoms with van der Waals surface area (Å²) in [6.07, 6.45) is 2.07. The number of nitrogens with zero attached hydrogens (tertiary/aromatic N) is 1. The van der Waals surface area contributed by atoms with Gasteiger partial charge in [0.1, 0.15) is 6.17 Å². The van der Waals surface area contributed by atoms with Gasteiger partial charge >= 0.3 is 0 Å². The molecule has 0 bridgehead atoms. The molecule has 4 nitrogen and oxygen atoms in total. The summed E-state index contributed by atoms with van der Waals surface area (Å²) < 4.78 is 5.56. The lowest BCUT2D eigenvalue weighted by atomic mass is 10.0. The molecule has 2 atom stereocenters. The lowest BCUT2D eigenvalue weighted by molar-refractivity contribution is -0.133. The first kappa shape index (κ1) is 13.6. The fourth-order valence-electron chi connectivity index (χ4n) is 3.19. The van der Waals surface area contributed by atoms with Gasteiger partial charge in [0.15, 0.2) is 0 Å². The zero-order valence-electron chi connectivity index (χ0n) is 12.2. The Morgan fingerprint density at radius 2 is 2.20 bits per heavy atom. The number of carbonyl (C=O) groups is 1. The fourth-order valence-corrected chi connectivity index (χ4v) is 3.19. The maximum Gasteiger partial charge on any atom is 0.238 e. The average molecular weight is 274 g/mol. The predicted octanol–water partition coefficient (Wildman–Crippen LogP) is 1.91. The normalized spacial score (nSPS) is 27.1. The van der Waals surface area contributed by atoms with Crippen LogP contribution in [-0.2, 0) is 9.53 Å². The largest absolute Gasteiger partial charge is 0.379 e. The summed E-state index contributed by atoms with van der Waals surface area (Å²) in [5, 5.41) is 3.36. The van der Waals surface area contributed by atoms with Gasteiger partial charge in [0.05, 0.1) is 19.2 Å². The number of ether oxygens (including phenoxy) is 1. The second-order valence-corrected chi connectivity index (χ2v) is 5.82. The van der Waals surface area contributed by atoms with Crippen LogP contribution in [0.3, 0.4) is 0 Å². The van der Waals surface area contributed by atoms with Crippen LogP contribution in [0.5, 0.6) is 0 Å². The molecule has 108 valence electrons. The molecule has 2 saturated heterocycles. The Morgan fingerprint density at radius 3 is 2.95 bits per heavy atom. The summed E-state index contributed by atoms with van der Waals surface area (Å²) in [6, 6.07) is 6.63. The smallest absolute Gasteiger partial charge is 0.238 e. The molecule has 3 rings (SSSR count). The van der Waals surface area contributed by atoms with Gasteiger partial charge in [-0.15, -0.1) is 0 Å². The van der Waals surface area contributed by atoms with Gasteiger partial charge in [0.25, 0.3) is 0 Å². The first-order valence-corrected chi connectivity index (χ1v) is 7.36. The van der Waals surface area contributed by atoms with E-state index in [0.717, 1.165) is 19.4 Å². The Morgan fingerprint density at radius 1 is 1.35 bits per heavy atom. The third-order valence-electron chi connectivity index (χ3n) is 4.27. The van der Waals surface area contributed by atoms with Gasteiger partial charge < -0.3 is 9.64 Å². The van der Waals surface area contributed by atoms with E-state index in [0.29, 0.717) is 13.2 Å². The van der Waals surface area contributed by atoms with E-state index in [4.69, 9.17) is 4.74 Å². The van der Waals surface area contributed by atoms with Crippen LogP contribution >= 0.6 is 0 Å². The highest BCUT2D eigenvalue weighted by Crippen LogP contribution is 2.30. The number of rotatable bonds is 2. The maximum absolute atomic E-state index is 12.3. The van der Waals surface area contributed by atoms with Crippen LogP contribution in [0.1, 0.15) is 35.7 Å². The number of benzene rings is 1. The highest BCUT2D eigenvalue weighted by Gasteiger charge is 2.38. The third-order valence-corrected chi connectivity index (χ3v) is 4.27. The molecule has 0 saturated carbocycles. The van der Waals surface area contributed by atoms with E-state index >= 15 is 0 Å². The van der Waals surface area contributed by atoms with Crippen LogP contribution in [0, 0.1) is 13.8 Å². The van der Waals surface area contributed by atoms with Crippen molar-refractivity contribution in [2.45, 2.75) is 38.9 Å². The fraction of sp³-hybridized carbons (Fsp3) is 0.562. The molecule has 0 aliphatic carbocycles. The first-order chi connectivity index (χ1) is 9.66. The molecule has 0 spiro atoms. The van der Waals surface area contributed by atoms with Crippen LogP contribution < -0.4 is 5.32 Å². The van der Waals surface area contributed by atoms with Crippen molar-refractivity contribution in [3.63, 3.8) is 0 Å². The topological polar surface area (TPSA) is 41.6 Å². The molecular weight excluding hydrogens is 252 g/mol. The number of carbonyl (C=O) groups excluding carboxylic acids is 1. The molecule has 2 heterocycles. The van der Waals surface area contributed by atoms with Crippen molar-refractivity contribution >= 4 is 5.91 Å². The van der Waals surface area contributed by atoms with E-state index in [1.807, 2.05) is 4.90 Å². The zero-order valence-corrected chi connectivity index (χ0v) is 12.2. The van der Waals surface area contributed by atoms with E-state index < -0.39 is 0 Å². The highest BCUT2D eigenvalue weighted by molar-refractivity contribution is 5.81. The van der Waals surface area contributed by atoms with E-state index in [1.165, 1.54) is 16.7 Å². The van der Waals surface area contributed by atoms with Crippen molar-refractivity contribution in [1.29, 1.82) is 0 Å². The average Bonchev–Trinajstić information content (AvgIpc) is 2.84. The van der Waals surface area contributed by atoms with Gasteiger partial charge in [-0.1, -0.05) is 23.8 Å². The standard InChI is InChI=1S/C16H22N2O2/c1-11-5-6-12(2)14(8-11)16-17-9-15(19)18(16)13-4-3-7-20-10-13/h5-6,8,13,16-17H,3-4,7,9-10H2,1-2H3. The summed E-state index contributed by atoms with van der Waals surface area (Å²) >= 11 is 0. The van der Waals surface area contributed by atoms with Crippen LogP contribution in [0.25, 0.3) is 0 Å². The molecule has 0 aromatic heterocycles. The van der Waals surface area contributed by atoms with Gasteiger partial charge in [-0.05, 0) is 37.8 Å². The lowest BCUT2D eigenvalue weighted by Gasteiger charge is -2.35. The molecule has 1 aromatic carbocycles. The number of aryl methyl sites for hydroxylation is 2. The summed E-state index contributed by atoms with van der Waals surface area (Å²) in [7, 11) is 0. The minimum atomic E-state index is -0.00546. The van der Waals surface area contributed by atoms with Crippen LogP contribution in [0.15, 0.2) is 18.2 Å². The van der Waals surface area contributed by atoms with Crippen LogP contribution in [0.2, 0.25) is 0 Å². The summed E-state index contributed by atoms with van der Waals surface area (Å²) in [6.45, 7) is 6.10. The Balaban J connectivity index is 1.90. The molecule has 2 aliphatic heterocycles. The second-order valence-electron chi connectivity index (χ2n) is 5.82. The SMILES string of the molecule is Cc1ccc(C)c(C2NCC(=O)N2C2CCCOC2)c1. The van der Waals surface area contributed by atoms with Crippen LogP contribution in [0.4, 0.5) is 0 Å². The summed E-state index contributed by atoms with van der Waals surface area (Å²) in [4.78, 5) is 14.3. The monoisotopic (exact) mass is 274 g/mol. The van der Waals surface area contributed by atoms with Crippen molar-refractivity contribution in [2.24, 2.45) is 0 Å². The molecule has 1 N–H and O–H groups in total. The van der Waals surface area contributed by atoms with Gasteiger partial charge in [0.2, 0.25) is 5.91 Å². The third kappa shape index (κ3) is 2.45. The van der Waals surface area contributed by atoms with Gasteiger partial charge in [0, 0.05) is 6.61 Å². The number of nitrogens with one attached hydrogen (secondary N) is 1. The van der Waals surface area contributed by atoms with Gasteiger partial charge in [-0.2, -0.15) is 0 Å². The van der Waals surface area contributed by atoms with Gasteiger partial charge in [-0.25, -0.2) is 0 Å². The molecule has 2 unspecified atom stereocenters.